The van der Waals surface area contributed by atoms with Crippen LogP contribution in [0.1, 0.15) is 36.1 Å². The summed E-state index contributed by atoms with van der Waals surface area (Å²) >= 11 is 0. The van der Waals surface area contributed by atoms with Gasteiger partial charge in [0.2, 0.25) is 0 Å². The summed E-state index contributed by atoms with van der Waals surface area (Å²) in [7, 11) is 0. The first kappa shape index (κ1) is 17.9. The third-order valence-corrected chi connectivity index (χ3v) is 5.57. The van der Waals surface area contributed by atoms with Crippen molar-refractivity contribution in [2.24, 2.45) is 0 Å². The molecule has 2 aliphatic rings. The molecule has 142 valence electrons. The zero-order valence-electron chi connectivity index (χ0n) is 15.4. The second kappa shape index (κ2) is 8.05. The van der Waals surface area contributed by atoms with Crippen LogP contribution in [0.5, 0.6) is 0 Å². The molecule has 2 aromatic rings. The molecule has 0 spiro atoms. The zero-order chi connectivity index (χ0) is 18.6. The van der Waals surface area contributed by atoms with Crippen molar-refractivity contribution >= 4 is 6.03 Å². The number of rotatable bonds is 5. The van der Waals surface area contributed by atoms with Crippen molar-refractivity contribution in [3.05, 3.63) is 65.7 Å². The van der Waals surface area contributed by atoms with E-state index in [1.165, 1.54) is 6.07 Å². The SMILES string of the molecule is O=C(NCC(c1ccccc1F)N1CCCC1)N1CC(c2ccccn2)C1. The van der Waals surface area contributed by atoms with Gasteiger partial charge < -0.3 is 10.2 Å². The average molecular weight is 368 g/mol. The van der Waals surface area contributed by atoms with Crippen molar-refractivity contribution in [3.63, 3.8) is 0 Å². The van der Waals surface area contributed by atoms with Gasteiger partial charge in [-0.25, -0.2) is 9.18 Å². The Hall–Kier alpha value is -2.47. The summed E-state index contributed by atoms with van der Waals surface area (Å²) < 4.78 is 14.3. The van der Waals surface area contributed by atoms with Crippen molar-refractivity contribution in [2.45, 2.75) is 24.8 Å². The molecule has 2 aliphatic heterocycles. The number of benzene rings is 1. The first-order chi connectivity index (χ1) is 13.2. The van der Waals surface area contributed by atoms with Crippen molar-refractivity contribution in [1.29, 1.82) is 0 Å². The van der Waals surface area contributed by atoms with Gasteiger partial charge in [-0.3, -0.25) is 9.88 Å². The topological polar surface area (TPSA) is 48.5 Å². The highest BCUT2D eigenvalue weighted by atomic mass is 19.1. The van der Waals surface area contributed by atoms with Crippen LogP contribution in [0.3, 0.4) is 0 Å². The first-order valence-electron chi connectivity index (χ1n) is 9.64. The number of aromatic nitrogens is 1. The van der Waals surface area contributed by atoms with E-state index < -0.39 is 0 Å². The molecule has 1 unspecified atom stereocenters. The van der Waals surface area contributed by atoms with Gasteiger partial charge in [-0.05, 0) is 44.1 Å². The van der Waals surface area contributed by atoms with Gasteiger partial charge in [0.1, 0.15) is 5.82 Å². The Balaban J connectivity index is 1.35. The lowest BCUT2D eigenvalue weighted by Crippen LogP contribution is -2.53. The molecule has 2 amide bonds. The van der Waals surface area contributed by atoms with Crippen LogP contribution in [0, 0.1) is 5.82 Å². The van der Waals surface area contributed by atoms with E-state index in [1.54, 1.807) is 17.2 Å². The van der Waals surface area contributed by atoms with Crippen LogP contribution in [0.25, 0.3) is 0 Å². The van der Waals surface area contributed by atoms with E-state index in [9.17, 15) is 9.18 Å². The van der Waals surface area contributed by atoms with Crippen LogP contribution < -0.4 is 5.32 Å². The molecule has 4 rings (SSSR count). The highest BCUT2D eigenvalue weighted by Gasteiger charge is 2.33. The van der Waals surface area contributed by atoms with Crippen molar-refractivity contribution < 1.29 is 9.18 Å². The second-order valence-electron chi connectivity index (χ2n) is 7.32. The van der Waals surface area contributed by atoms with E-state index in [0.717, 1.165) is 31.6 Å². The van der Waals surface area contributed by atoms with Crippen LogP contribution in [-0.2, 0) is 0 Å². The van der Waals surface area contributed by atoms with Crippen molar-refractivity contribution in [1.82, 2.24) is 20.1 Å². The maximum atomic E-state index is 14.3. The quantitative estimate of drug-likeness (QED) is 0.882. The molecule has 0 aliphatic carbocycles. The largest absolute Gasteiger partial charge is 0.336 e. The third kappa shape index (κ3) is 3.95. The Labute approximate surface area is 159 Å². The molecule has 27 heavy (non-hydrogen) atoms. The second-order valence-corrected chi connectivity index (χ2v) is 7.32. The number of hydrogen-bond acceptors (Lipinski definition) is 3. The molecule has 5 nitrogen and oxygen atoms in total. The molecule has 6 heteroatoms. The molecule has 1 atom stereocenters. The van der Waals surface area contributed by atoms with Crippen LogP contribution in [-0.4, -0.2) is 53.5 Å². The fourth-order valence-electron chi connectivity index (χ4n) is 3.98. The number of hydrogen-bond donors (Lipinski definition) is 1. The smallest absolute Gasteiger partial charge is 0.317 e. The van der Waals surface area contributed by atoms with Crippen LogP contribution >= 0.6 is 0 Å². The monoisotopic (exact) mass is 368 g/mol. The maximum absolute atomic E-state index is 14.3. The zero-order valence-corrected chi connectivity index (χ0v) is 15.4. The molecule has 0 bridgehead atoms. The molecular weight excluding hydrogens is 343 g/mol. The van der Waals surface area contributed by atoms with Gasteiger partial charge in [0.05, 0.1) is 6.04 Å². The fraction of sp³-hybridized carbons (Fsp3) is 0.429. The minimum absolute atomic E-state index is 0.0808. The summed E-state index contributed by atoms with van der Waals surface area (Å²) in [5.41, 5.74) is 1.69. The Morgan fingerprint density at radius 2 is 1.89 bits per heavy atom. The van der Waals surface area contributed by atoms with Gasteiger partial charge in [0.25, 0.3) is 0 Å². The van der Waals surface area contributed by atoms with Gasteiger partial charge >= 0.3 is 6.03 Å². The van der Waals surface area contributed by atoms with E-state index in [2.05, 4.69) is 15.2 Å². The van der Waals surface area contributed by atoms with Crippen LogP contribution in [0.2, 0.25) is 0 Å². The van der Waals surface area contributed by atoms with Crippen LogP contribution in [0.4, 0.5) is 9.18 Å². The molecule has 1 aromatic carbocycles. The number of nitrogens with zero attached hydrogens (tertiary/aromatic N) is 3. The lowest BCUT2D eigenvalue weighted by molar-refractivity contribution is 0.145. The predicted octanol–water partition coefficient (Wildman–Crippen LogP) is 3.17. The summed E-state index contributed by atoms with van der Waals surface area (Å²) in [4.78, 5) is 20.9. The number of nitrogens with one attached hydrogen (secondary N) is 1. The summed E-state index contributed by atoms with van der Waals surface area (Å²) in [6.45, 7) is 3.67. The number of likely N-dealkylation sites (tertiary alicyclic amines) is 2. The van der Waals surface area contributed by atoms with Crippen molar-refractivity contribution in [3.8, 4) is 0 Å². The van der Waals surface area contributed by atoms with Gasteiger partial charge in [0.15, 0.2) is 0 Å². The summed E-state index contributed by atoms with van der Waals surface area (Å²) in [5.74, 6) is 0.0979. The van der Waals surface area contributed by atoms with Gasteiger partial charge in [0, 0.05) is 43.0 Å². The number of pyridine rings is 1. The normalized spacial score (nSPS) is 18.9. The van der Waals surface area contributed by atoms with E-state index in [0.29, 0.717) is 31.1 Å². The highest BCUT2D eigenvalue weighted by Crippen LogP contribution is 2.28. The van der Waals surface area contributed by atoms with E-state index in [1.807, 2.05) is 30.3 Å². The van der Waals surface area contributed by atoms with Gasteiger partial charge in [-0.2, -0.15) is 0 Å². The fourth-order valence-corrected chi connectivity index (χ4v) is 3.98. The number of halogens is 1. The average Bonchev–Trinajstić information content (AvgIpc) is 3.17. The summed E-state index contributed by atoms with van der Waals surface area (Å²) in [6.07, 6.45) is 4.03. The molecule has 1 aromatic heterocycles. The molecule has 2 saturated heterocycles. The van der Waals surface area contributed by atoms with Crippen molar-refractivity contribution in [2.75, 3.05) is 32.7 Å². The standard InChI is InChI=1S/C21H25FN4O/c22-18-8-2-1-7-17(18)20(25-11-5-6-12-25)13-24-21(27)26-14-16(15-26)19-9-3-4-10-23-19/h1-4,7-10,16,20H,5-6,11-15H2,(H,24,27). The van der Waals surface area contributed by atoms with E-state index in [-0.39, 0.29) is 17.9 Å². The molecule has 3 heterocycles. The molecule has 0 saturated carbocycles. The van der Waals surface area contributed by atoms with E-state index >= 15 is 0 Å². The number of carbonyl (C=O) groups excluding carboxylic acids is 1. The Morgan fingerprint density at radius 1 is 1.15 bits per heavy atom. The maximum Gasteiger partial charge on any atom is 0.317 e. The molecular formula is C21H25FN4O. The van der Waals surface area contributed by atoms with Crippen LogP contribution in [0.15, 0.2) is 48.7 Å². The minimum atomic E-state index is -0.206. The van der Waals surface area contributed by atoms with Gasteiger partial charge in [-0.1, -0.05) is 24.3 Å². The molecule has 2 fully saturated rings. The Kier molecular flexibility index (Phi) is 5.34. The minimum Gasteiger partial charge on any atom is -0.336 e. The summed E-state index contributed by atoms with van der Waals surface area (Å²) in [6, 6.07) is 12.5. The van der Waals surface area contributed by atoms with E-state index in [4.69, 9.17) is 0 Å². The lowest BCUT2D eigenvalue weighted by atomic mass is 9.96. The predicted molar refractivity (Wildman–Crippen MR) is 102 cm³/mol. The third-order valence-electron chi connectivity index (χ3n) is 5.57. The molecule has 0 radical (unpaired) electrons. The lowest BCUT2D eigenvalue weighted by Gasteiger charge is -2.39. The van der Waals surface area contributed by atoms with Gasteiger partial charge in [-0.15, -0.1) is 0 Å². The number of urea groups is 1. The molecule has 1 N–H and O–H groups in total. The summed E-state index contributed by atoms with van der Waals surface area (Å²) in [5, 5.41) is 3.02. The Morgan fingerprint density at radius 3 is 2.59 bits per heavy atom. The first-order valence-corrected chi connectivity index (χ1v) is 9.64. The Bertz CT molecular complexity index is 773. The number of amides is 2. The highest BCUT2D eigenvalue weighted by molar-refractivity contribution is 5.75. The number of carbonyl (C=O) groups is 1.